The Balaban J connectivity index is 1.96. The number of nitrogens with zero attached hydrogens (tertiary/aromatic N) is 2. The number of benzene rings is 1. The van der Waals surface area contributed by atoms with Crippen molar-refractivity contribution in [2.45, 2.75) is 0 Å². The molecule has 4 nitrogen and oxygen atoms in total. The first kappa shape index (κ1) is 9.72. The third-order valence-electron chi connectivity index (χ3n) is 2.57. The van der Waals surface area contributed by atoms with Crippen molar-refractivity contribution in [1.29, 1.82) is 0 Å². The van der Waals surface area contributed by atoms with E-state index in [2.05, 4.69) is 10.4 Å². The summed E-state index contributed by atoms with van der Waals surface area (Å²) in [7, 11) is 0. The van der Waals surface area contributed by atoms with E-state index in [1.54, 1.807) is 24.5 Å². The molecular weight excluding hydrogens is 214 g/mol. The van der Waals surface area contributed by atoms with Gasteiger partial charge in [-0.1, -0.05) is 0 Å². The van der Waals surface area contributed by atoms with E-state index < -0.39 is 0 Å². The summed E-state index contributed by atoms with van der Waals surface area (Å²) < 4.78 is 1.86. The van der Waals surface area contributed by atoms with Gasteiger partial charge in [0.1, 0.15) is 5.75 Å². The second-order valence-electron chi connectivity index (χ2n) is 3.83. The zero-order valence-electron chi connectivity index (χ0n) is 9.04. The lowest BCUT2D eigenvalue weighted by Crippen LogP contribution is -2.05. The van der Waals surface area contributed by atoms with E-state index in [-0.39, 0.29) is 5.75 Å². The lowest BCUT2D eigenvalue weighted by Gasteiger charge is -2.05. The molecule has 0 fully saturated rings. The largest absolute Gasteiger partial charge is 0.508 e. The number of phenols is 1. The number of aromatic hydroxyl groups is 1. The van der Waals surface area contributed by atoms with E-state index in [0.717, 1.165) is 16.5 Å². The average molecular weight is 225 g/mol. The summed E-state index contributed by atoms with van der Waals surface area (Å²) in [5, 5.41) is 11.5. The lowest BCUT2D eigenvalue weighted by atomic mass is 10.2. The highest BCUT2D eigenvalue weighted by atomic mass is 16.3. The van der Waals surface area contributed by atoms with Crippen LogP contribution in [0, 0.1) is 0 Å². The van der Waals surface area contributed by atoms with Gasteiger partial charge >= 0.3 is 0 Å². The number of hydrogen-bond acceptors (Lipinski definition) is 3. The molecule has 0 spiro atoms. The van der Waals surface area contributed by atoms with Crippen LogP contribution in [0.1, 0.15) is 0 Å². The van der Waals surface area contributed by atoms with E-state index in [4.69, 9.17) is 0 Å². The predicted molar refractivity (Wildman–Crippen MR) is 66.9 cm³/mol. The first-order valence-electron chi connectivity index (χ1n) is 5.29. The Morgan fingerprint density at radius 3 is 2.59 bits per heavy atom. The third-order valence-corrected chi connectivity index (χ3v) is 2.57. The van der Waals surface area contributed by atoms with Crippen LogP contribution in [-0.4, -0.2) is 14.8 Å². The van der Waals surface area contributed by atoms with Gasteiger partial charge in [-0.2, -0.15) is 0 Å². The van der Waals surface area contributed by atoms with Crippen LogP contribution in [0.25, 0.3) is 10.8 Å². The van der Waals surface area contributed by atoms with Gasteiger partial charge in [0.05, 0.1) is 5.69 Å². The standard InChI is InChI=1S/C13H11N3O/c17-13-2-1-10-8-16(9-11(10)7-13)15-12-3-5-14-6-4-12/h1-9,17H,(H,14,15). The van der Waals surface area contributed by atoms with E-state index in [1.165, 1.54) is 0 Å². The highest BCUT2D eigenvalue weighted by molar-refractivity contribution is 5.83. The van der Waals surface area contributed by atoms with Gasteiger partial charge in [0, 0.05) is 35.6 Å². The van der Waals surface area contributed by atoms with Crippen molar-refractivity contribution in [2.75, 3.05) is 5.43 Å². The molecular formula is C13H11N3O. The Hall–Kier alpha value is -2.49. The van der Waals surface area contributed by atoms with E-state index in [1.807, 2.05) is 35.3 Å². The van der Waals surface area contributed by atoms with Crippen LogP contribution in [0.5, 0.6) is 5.75 Å². The van der Waals surface area contributed by atoms with Gasteiger partial charge in [-0.05, 0) is 30.3 Å². The summed E-state index contributed by atoms with van der Waals surface area (Å²) in [5.41, 5.74) is 4.17. The molecule has 0 radical (unpaired) electrons. The first-order valence-corrected chi connectivity index (χ1v) is 5.29. The van der Waals surface area contributed by atoms with Gasteiger partial charge in [0.2, 0.25) is 0 Å². The minimum absolute atomic E-state index is 0.277. The quantitative estimate of drug-likeness (QED) is 0.704. The number of pyridine rings is 1. The topological polar surface area (TPSA) is 50.1 Å². The van der Waals surface area contributed by atoms with Gasteiger partial charge < -0.3 is 5.11 Å². The monoisotopic (exact) mass is 225 g/mol. The molecule has 0 saturated carbocycles. The molecule has 1 aromatic carbocycles. The molecule has 0 aliphatic rings. The van der Waals surface area contributed by atoms with E-state index >= 15 is 0 Å². The molecule has 0 unspecified atom stereocenters. The van der Waals surface area contributed by atoms with Crippen molar-refractivity contribution in [2.24, 2.45) is 0 Å². The van der Waals surface area contributed by atoms with Crippen LogP contribution in [0.15, 0.2) is 55.1 Å². The maximum Gasteiger partial charge on any atom is 0.116 e. The maximum absolute atomic E-state index is 9.39. The zero-order valence-corrected chi connectivity index (χ0v) is 9.04. The van der Waals surface area contributed by atoms with E-state index in [0.29, 0.717) is 0 Å². The molecule has 0 atom stereocenters. The molecule has 17 heavy (non-hydrogen) atoms. The predicted octanol–water partition coefficient (Wildman–Crippen LogP) is 2.62. The van der Waals surface area contributed by atoms with Crippen LogP contribution in [0.4, 0.5) is 5.69 Å². The lowest BCUT2D eigenvalue weighted by molar-refractivity contribution is 0.476. The van der Waals surface area contributed by atoms with Crippen molar-refractivity contribution in [1.82, 2.24) is 9.66 Å². The number of nitrogens with one attached hydrogen (secondary N) is 1. The van der Waals surface area contributed by atoms with Crippen LogP contribution in [-0.2, 0) is 0 Å². The summed E-state index contributed by atoms with van der Waals surface area (Å²) in [5.74, 6) is 0.277. The van der Waals surface area contributed by atoms with Gasteiger partial charge in [0.15, 0.2) is 0 Å². The molecule has 0 aliphatic carbocycles. The molecule has 3 aromatic rings. The zero-order chi connectivity index (χ0) is 11.7. The van der Waals surface area contributed by atoms with Crippen molar-refractivity contribution in [3.63, 3.8) is 0 Å². The summed E-state index contributed by atoms with van der Waals surface area (Å²) >= 11 is 0. The number of hydrogen-bond donors (Lipinski definition) is 2. The second kappa shape index (κ2) is 3.83. The number of phenolic OH excluding ortho intramolecular Hbond substituents is 1. The fraction of sp³-hybridized carbons (Fsp3) is 0. The average Bonchev–Trinajstić information content (AvgIpc) is 2.71. The fourth-order valence-electron chi connectivity index (χ4n) is 1.77. The SMILES string of the molecule is Oc1ccc2cn(Nc3ccncc3)cc2c1. The molecule has 0 saturated heterocycles. The molecule has 4 heteroatoms. The fourth-order valence-corrected chi connectivity index (χ4v) is 1.77. The van der Waals surface area contributed by atoms with Crippen molar-refractivity contribution in [3.05, 3.63) is 55.1 Å². The summed E-state index contributed by atoms with van der Waals surface area (Å²) in [6.45, 7) is 0. The number of rotatable bonds is 2. The molecule has 84 valence electrons. The Morgan fingerprint density at radius 1 is 1.00 bits per heavy atom. The van der Waals surface area contributed by atoms with Gasteiger partial charge in [-0.15, -0.1) is 0 Å². The van der Waals surface area contributed by atoms with Gasteiger partial charge in [0.25, 0.3) is 0 Å². The summed E-state index contributed by atoms with van der Waals surface area (Å²) in [4.78, 5) is 3.96. The summed E-state index contributed by atoms with van der Waals surface area (Å²) in [6, 6.07) is 9.08. The smallest absolute Gasteiger partial charge is 0.116 e. The highest BCUT2D eigenvalue weighted by Gasteiger charge is 1.99. The third kappa shape index (κ3) is 1.92. The normalized spacial score (nSPS) is 10.6. The minimum atomic E-state index is 0.277. The molecule has 0 amide bonds. The van der Waals surface area contributed by atoms with Crippen molar-refractivity contribution < 1.29 is 5.11 Å². The molecule has 0 bridgehead atoms. The number of fused-ring (bicyclic) bond motifs is 1. The van der Waals surface area contributed by atoms with Gasteiger partial charge in [-0.25, -0.2) is 0 Å². The molecule has 2 heterocycles. The van der Waals surface area contributed by atoms with Crippen LogP contribution < -0.4 is 5.43 Å². The number of anilines is 1. The minimum Gasteiger partial charge on any atom is -0.508 e. The summed E-state index contributed by atoms with van der Waals surface area (Å²) in [6.07, 6.45) is 7.36. The van der Waals surface area contributed by atoms with E-state index in [9.17, 15) is 5.11 Å². The Kier molecular flexibility index (Phi) is 2.19. The Morgan fingerprint density at radius 2 is 1.76 bits per heavy atom. The van der Waals surface area contributed by atoms with Gasteiger partial charge in [-0.3, -0.25) is 15.1 Å². The highest BCUT2D eigenvalue weighted by Crippen LogP contribution is 2.20. The molecule has 0 aliphatic heterocycles. The van der Waals surface area contributed by atoms with Crippen LogP contribution in [0.2, 0.25) is 0 Å². The second-order valence-corrected chi connectivity index (χ2v) is 3.83. The number of aromatic nitrogens is 2. The molecule has 2 N–H and O–H groups in total. The Labute approximate surface area is 98.1 Å². The molecule has 2 aromatic heterocycles. The maximum atomic E-state index is 9.39. The van der Waals surface area contributed by atoms with Crippen molar-refractivity contribution >= 4 is 16.5 Å². The van der Waals surface area contributed by atoms with Crippen LogP contribution >= 0.6 is 0 Å². The molecule has 3 rings (SSSR count). The van der Waals surface area contributed by atoms with Crippen molar-refractivity contribution in [3.8, 4) is 5.75 Å². The Bertz CT molecular complexity index is 646. The van der Waals surface area contributed by atoms with Crippen LogP contribution in [0.3, 0.4) is 0 Å². The first-order chi connectivity index (χ1) is 8.31.